The number of rotatable bonds is 1. The van der Waals surface area contributed by atoms with Crippen LogP contribution in [0.1, 0.15) is 10.4 Å². The van der Waals surface area contributed by atoms with Crippen molar-refractivity contribution in [2.24, 2.45) is 0 Å². The van der Waals surface area contributed by atoms with Gasteiger partial charge in [0.05, 0.1) is 28.8 Å². The minimum atomic E-state index is -0.155. The summed E-state index contributed by atoms with van der Waals surface area (Å²) in [7, 11) is 2.01. The van der Waals surface area contributed by atoms with Gasteiger partial charge in [-0.3, -0.25) is 4.79 Å². The molecule has 5 nitrogen and oxygen atoms in total. The number of nitrogens with zero attached hydrogens (tertiary/aromatic N) is 3. The molecule has 3 rings (SSSR count). The molecule has 0 fully saturated rings. The molecule has 0 saturated carbocycles. The number of aromatic nitrogens is 1. The summed E-state index contributed by atoms with van der Waals surface area (Å²) in [5.41, 5.74) is 8.49. The monoisotopic (exact) mass is 302 g/mol. The van der Waals surface area contributed by atoms with Gasteiger partial charge in [-0.05, 0) is 18.2 Å². The number of hydrogen-bond acceptors (Lipinski definition) is 4. The summed E-state index contributed by atoms with van der Waals surface area (Å²) in [6.45, 7) is 1.37. The van der Waals surface area contributed by atoms with Crippen molar-refractivity contribution in [2.75, 3.05) is 35.7 Å². The quantitative estimate of drug-likeness (QED) is 0.822. The highest BCUT2D eigenvalue weighted by atomic mass is 35.5. The summed E-state index contributed by atoms with van der Waals surface area (Å²) in [6, 6.07) is 9.32. The number of para-hydroxylation sites is 2. The highest BCUT2D eigenvalue weighted by Crippen LogP contribution is 2.33. The number of pyridine rings is 1. The minimum Gasteiger partial charge on any atom is -0.397 e. The van der Waals surface area contributed by atoms with Crippen LogP contribution in [0.25, 0.3) is 0 Å². The maximum Gasteiger partial charge on any atom is 0.260 e. The fourth-order valence-electron chi connectivity index (χ4n) is 2.49. The lowest BCUT2D eigenvalue weighted by Gasteiger charge is -2.35. The molecule has 0 saturated heterocycles. The molecule has 108 valence electrons. The fourth-order valence-corrected chi connectivity index (χ4v) is 2.65. The number of amides is 1. The zero-order chi connectivity index (χ0) is 15.0. The Bertz CT molecular complexity index is 704. The highest BCUT2D eigenvalue weighted by Gasteiger charge is 2.26. The average molecular weight is 303 g/mol. The largest absolute Gasteiger partial charge is 0.397 e. The Labute approximate surface area is 127 Å². The molecule has 2 aromatic rings. The van der Waals surface area contributed by atoms with Gasteiger partial charge in [-0.1, -0.05) is 23.7 Å². The molecule has 2 heterocycles. The molecule has 1 aromatic carbocycles. The van der Waals surface area contributed by atoms with Crippen molar-refractivity contribution in [3.63, 3.8) is 0 Å². The van der Waals surface area contributed by atoms with Gasteiger partial charge in [0, 0.05) is 20.1 Å². The van der Waals surface area contributed by atoms with Gasteiger partial charge in [-0.25, -0.2) is 4.98 Å². The van der Waals surface area contributed by atoms with E-state index in [9.17, 15) is 4.79 Å². The van der Waals surface area contributed by atoms with Gasteiger partial charge >= 0.3 is 0 Å². The summed E-state index contributed by atoms with van der Waals surface area (Å²) >= 11 is 5.88. The molecular weight excluding hydrogens is 288 g/mol. The fraction of sp³-hybridized carbons (Fsp3) is 0.200. The average Bonchev–Trinajstić information content (AvgIpc) is 2.50. The molecule has 0 unspecified atom stereocenters. The number of nitrogen functional groups attached to an aromatic ring is 1. The van der Waals surface area contributed by atoms with Gasteiger partial charge < -0.3 is 15.5 Å². The number of benzene rings is 1. The van der Waals surface area contributed by atoms with E-state index in [2.05, 4.69) is 9.88 Å². The summed E-state index contributed by atoms with van der Waals surface area (Å²) in [6.07, 6.45) is 1.41. The summed E-state index contributed by atoms with van der Waals surface area (Å²) in [5, 5.41) is 0.259. The van der Waals surface area contributed by atoms with Crippen LogP contribution in [-0.2, 0) is 0 Å². The van der Waals surface area contributed by atoms with Crippen molar-refractivity contribution < 1.29 is 4.79 Å². The number of fused-ring (bicyclic) bond motifs is 1. The van der Waals surface area contributed by atoms with Crippen LogP contribution in [0.5, 0.6) is 0 Å². The Hall–Kier alpha value is -2.27. The van der Waals surface area contributed by atoms with Gasteiger partial charge in [-0.2, -0.15) is 0 Å². The molecule has 0 aliphatic carbocycles. The lowest BCUT2D eigenvalue weighted by Crippen LogP contribution is -2.42. The molecule has 0 spiro atoms. The van der Waals surface area contributed by atoms with Gasteiger partial charge in [0.15, 0.2) is 0 Å². The van der Waals surface area contributed by atoms with Crippen LogP contribution in [0, 0.1) is 0 Å². The van der Waals surface area contributed by atoms with Crippen LogP contribution in [0.4, 0.5) is 17.1 Å². The lowest BCUT2D eigenvalue weighted by atomic mass is 10.1. The standard InChI is InChI=1S/C15H15ClN4O/c1-19-6-7-20(13-5-3-2-4-12(13)19)15(21)10-8-14(16)18-9-11(10)17/h2-5,8-9H,6-7,17H2,1H3. The number of carbonyl (C=O) groups excluding carboxylic acids is 1. The molecule has 21 heavy (non-hydrogen) atoms. The summed E-state index contributed by atoms with van der Waals surface area (Å²) in [4.78, 5) is 20.5. The molecule has 1 aromatic heterocycles. The van der Waals surface area contributed by atoms with Crippen LogP contribution >= 0.6 is 11.6 Å². The maximum absolute atomic E-state index is 12.8. The van der Waals surface area contributed by atoms with Crippen LogP contribution in [0.15, 0.2) is 36.5 Å². The second-order valence-corrected chi connectivity index (χ2v) is 5.35. The predicted octanol–water partition coefficient (Wildman–Crippen LogP) is 2.41. The van der Waals surface area contributed by atoms with Crippen LogP contribution in [0.2, 0.25) is 5.15 Å². The van der Waals surface area contributed by atoms with Gasteiger partial charge in [-0.15, -0.1) is 0 Å². The van der Waals surface area contributed by atoms with E-state index in [1.807, 2.05) is 31.3 Å². The number of carbonyl (C=O) groups is 1. The van der Waals surface area contributed by atoms with E-state index in [0.29, 0.717) is 17.8 Å². The predicted molar refractivity (Wildman–Crippen MR) is 85.0 cm³/mol. The van der Waals surface area contributed by atoms with Gasteiger partial charge in [0.1, 0.15) is 5.15 Å². The molecular formula is C15H15ClN4O. The molecule has 6 heteroatoms. The third-order valence-corrected chi connectivity index (χ3v) is 3.83. The first-order valence-corrected chi connectivity index (χ1v) is 6.99. The maximum atomic E-state index is 12.8. The van der Waals surface area contributed by atoms with Gasteiger partial charge in [0.25, 0.3) is 5.91 Å². The topological polar surface area (TPSA) is 62.5 Å². The Morgan fingerprint density at radius 3 is 2.76 bits per heavy atom. The third-order valence-electron chi connectivity index (χ3n) is 3.62. The van der Waals surface area contributed by atoms with Crippen molar-refractivity contribution >= 4 is 34.6 Å². The van der Waals surface area contributed by atoms with Crippen molar-refractivity contribution in [3.05, 3.63) is 47.2 Å². The van der Waals surface area contributed by atoms with Gasteiger partial charge in [0.2, 0.25) is 0 Å². The Kier molecular flexibility index (Phi) is 3.43. The summed E-state index contributed by atoms with van der Waals surface area (Å²) in [5.74, 6) is -0.155. The first-order valence-electron chi connectivity index (χ1n) is 6.61. The molecule has 1 aliphatic rings. The van der Waals surface area contributed by atoms with Crippen LogP contribution in [0.3, 0.4) is 0 Å². The first-order chi connectivity index (χ1) is 10.1. The van der Waals surface area contributed by atoms with Crippen LogP contribution in [-0.4, -0.2) is 31.0 Å². The van der Waals surface area contributed by atoms with Crippen molar-refractivity contribution in [3.8, 4) is 0 Å². The highest BCUT2D eigenvalue weighted by molar-refractivity contribution is 6.30. The molecule has 0 radical (unpaired) electrons. The van der Waals surface area contributed by atoms with Crippen molar-refractivity contribution in [1.82, 2.24) is 4.98 Å². The number of halogens is 1. The Morgan fingerprint density at radius 2 is 2.00 bits per heavy atom. The van der Waals surface area contributed by atoms with E-state index >= 15 is 0 Å². The van der Waals surface area contributed by atoms with E-state index in [4.69, 9.17) is 17.3 Å². The zero-order valence-electron chi connectivity index (χ0n) is 11.6. The third kappa shape index (κ3) is 2.40. The van der Waals surface area contributed by atoms with Crippen molar-refractivity contribution in [2.45, 2.75) is 0 Å². The van der Waals surface area contributed by atoms with E-state index in [0.717, 1.165) is 17.9 Å². The number of likely N-dealkylation sites (N-methyl/N-ethyl adjacent to an activating group) is 1. The second-order valence-electron chi connectivity index (χ2n) is 4.96. The van der Waals surface area contributed by atoms with E-state index in [1.165, 1.54) is 12.3 Å². The smallest absolute Gasteiger partial charge is 0.260 e. The number of hydrogen-bond donors (Lipinski definition) is 1. The molecule has 0 bridgehead atoms. The number of nitrogens with two attached hydrogens (primary N) is 1. The van der Waals surface area contributed by atoms with E-state index < -0.39 is 0 Å². The molecule has 1 amide bonds. The van der Waals surface area contributed by atoms with E-state index in [1.54, 1.807) is 4.90 Å². The first kappa shape index (κ1) is 13.7. The number of anilines is 3. The minimum absolute atomic E-state index is 0.155. The zero-order valence-corrected chi connectivity index (χ0v) is 12.3. The Morgan fingerprint density at radius 1 is 1.29 bits per heavy atom. The Balaban J connectivity index is 2.03. The SMILES string of the molecule is CN1CCN(C(=O)c2cc(Cl)ncc2N)c2ccccc21. The van der Waals surface area contributed by atoms with Crippen LogP contribution < -0.4 is 15.5 Å². The molecule has 0 atom stereocenters. The van der Waals surface area contributed by atoms with E-state index in [-0.39, 0.29) is 11.1 Å². The molecule has 1 aliphatic heterocycles. The lowest BCUT2D eigenvalue weighted by molar-refractivity contribution is 0.0987. The second kappa shape index (κ2) is 5.26. The summed E-state index contributed by atoms with van der Waals surface area (Å²) < 4.78 is 0. The van der Waals surface area contributed by atoms with Crippen molar-refractivity contribution in [1.29, 1.82) is 0 Å². The molecule has 2 N–H and O–H groups in total. The normalized spacial score (nSPS) is 14.0.